The molecule has 0 aromatic carbocycles. The van der Waals surface area contributed by atoms with Crippen molar-refractivity contribution in [3.8, 4) is 0 Å². The van der Waals surface area contributed by atoms with E-state index < -0.39 is 5.79 Å². The average molecular weight is 265 g/mol. The molecule has 19 heavy (non-hydrogen) atoms. The zero-order valence-corrected chi connectivity index (χ0v) is 11.3. The molecule has 0 amide bonds. The summed E-state index contributed by atoms with van der Waals surface area (Å²) in [6.45, 7) is 4.40. The largest absolute Gasteiger partial charge is 0.458 e. The maximum Gasteiger partial charge on any atom is 0.355 e. The van der Waals surface area contributed by atoms with Gasteiger partial charge in [-0.05, 0) is 38.8 Å². The SMILES string of the molecule is CC1(C)OCC(COC(=O)c2cccn2C2CC2)O1. The maximum atomic E-state index is 12.0. The second kappa shape index (κ2) is 4.65. The van der Waals surface area contributed by atoms with Gasteiger partial charge in [-0.3, -0.25) is 0 Å². The number of carbonyl (C=O) groups excluding carboxylic acids is 1. The van der Waals surface area contributed by atoms with E-state index in [2.05, 4.69) is 0 Å². The highest BCUT2D eigenvalue weighted by atomic mass is 16.7. The van der Waals surface area contributed by atoms with E-state index >= 15 is 0 Å². The number of esters is 1. The Kier molecular flexibility index (Phi) is 3.11. The molecule has 1 aromatic rings. The van der Waals surface area contributed by atoms with Crippen LogP contribution in [0.5, 0.6) is 0 Å². The van der Waals surface area contributed by atoms with Gasteiger partial charge in [0.25, 0.3) is 0 Å². The lowest BCUT2D eigenvalue weighted by molar-refractivity contribution is -0.142. The first-order valence-electron chi connectivity index (χ1n) is 6.71. The van der Waals surface area contributed by atoms with Crippen LogP contribution in [0.4, 0.5) is 0 Å². The van der Waals surface area contributed by atoms with Crippen molar-refractivity contribution < 1.29 is 19.0 Å². The lowest BCUT2D eigenvalue weighted by Crippen LogP contribution is -2.25. The molecule has 1 unspecified atom stereocenters. The van der Waals surface area contributed by atoms with Crippen molar-refractivity contribution in [2.75, 3.05) is 13.2 Å². The van der Waals surface area contributed by atoms with Gasteiger partial charge >= 0.3 is 5.97 Å². The summed E-state index contributed by atoms with van der Waals surface area (Å²) in [6.07, 6.45) is 4.04. The predicted octanol–water partition coefficient (Wildman–Crippen LogP) is 2.13. The molecule has 3 rings (SSSR count). The molecule has 0 radical (unpaired) electrons. The van der Waals surface area contributed by atoms with Crippen molar-refractivity contribution in [3.05, 3.63) is 24.0 Å². The van der Waals surface area contributed by atoms with Gasteiger partial charge in [0.1, 0.15) is 18.4 Å². The van der Waals surface area contributed by atoms with E-state index in [-0.39, 0.29) is 18.7 Å². The van der Waals surface area contributed by atoms with Crippen molar-refractivity contribution in [1.82, 2.24) is 4.57 Å². The summed E-state index contributed by atoms with van der Waals surface area (Å²) < 4.78 is 18.3. The molecule has 2 fully saturated rings. The van der Waals surface area contributed by atoms with E-state index in [1.54, 1.807) is 6.07 Å². The van der Waals surface area contributed by atoms with E-state index in [1.165, 1.54) is 0 Å². The van der Waals surface area contributed by atoms with Crippen LogP contribution in [0, 0.1) is 0 Å². The zero-order valence-electron chi connectivity index (χ0n) is 11.3. The fraction of sp³-hybridized carbons (Fsp3) is 0.643. The summed E-state index contributed by atoms with van der Waals surface area (Å²) >= 11 is 0. The standard InChI is InChI=1S/C14H19NO4/c1-14(2)18-9-11(19-14)8-17-13(16)12-4-3-7-15(12)10-5-6-10/h3-4,7,10-11H,5-6,8-9H2,1-2H3. The highest BCUT2D eigenvalue weighted by Gasteiger charge is 2.34. The molecule has 1 saturated carbocycles. The Labute approximate surface area is 112 Å². The fourth-order valence-corrected chi connectivity index (χ4v) is 2.33. The maximum absolute atomic E-state index is 12.0. The van der Waals surface area contributed by atoms with Crippen molar-refractivity contribution in [3.63, 3.8) is 0 Å². The second-order valence-electron chi connectivity index (χ2n) is 5.58. The third-order valence-electron chi connectivity index (χ3n) is 3.40. The molecule has 104 valence electrons. The smallest absolute Gasteiger partial charge is 0.355 e. The minimum atomic E-state index is -0.578. The van der Waals surface area contributed by atoms with E-state index in [4.69, 9.17) is 14.2 Å². The quantitative estimate of drug-likeness (QED) is 0.783. The van der Waals surface area contributed by atoms with Gasteiger partial charge in [0.05, 0.1) is 6.61 Å². The number of carbonyl (C=O) groups is 1. The molecule has 1 saturated heterocycles. The number of ether oxygens (including phenoxy) is 3. The van der Waals surface area contributed by atoms with Crippen LogP contribution in [0.3, 0.4) is 0 Å². The molecule has 1 aliphatic carbocycles. The normalized spacial score (nSPS) is 25.5. The molecule has 2 heterocycles. The summed E-state index contributed by atoms with van der Waals surface area (Å²) in [5.41, 5.74) is 0.626. The van der Waals surface area contributed by atoms with Crippen molar-refractivity contribution in [2.24, 2.45) is 0 Å². The average Bonchev–Trinajstić information content (AvgIpc) is 2.98. The number of rotatable bonds is 4. The van der Waals surface area contributed by atoms with Gasteiger partial charge in [-0.25, -0.2) is 4.79 Å². The minimum Gasteiger partial charge on any atom is -0.458 e. The first-order valence-corrected chi connectivity index (χ1v) is 6.71. The van der Waals surface area contributed by atoms with Crippen LogP contribution in [0.2, 0.25) is 0 Å². The van der Waals surface area contributed by atoms with Crippen LogP contribution in [-0.2, 0) is 14.2 Å². The monoisotopic (exact) mass is 265 g/mol. The van der Waals surface area contributed by atoms with Crippen LogP contribution in [0.1, 0.15) is 43.2 Å². The van der Waals surface area contributed by atoms with Crippen molar-refractivity contribution >= 4 is 5.97 Å². The Morgan fingerprint density at radius 2 is 2.32 bits per heavy atom. The Morgan fingerprint density at radius 1 is 1.53 bits per heavy atom. The first kappa shape index (κ1) is 12.7. The van der Waals surface area contributed by atoms with Gasteiger partial charge in [0.2, 0.25) is 0 Å². The van der Waals surface area contributed by atoms with Gasteiger partial charge in [-0.1, -0.05) is 0 Å². The summed E-state index contributed by atoms with van der Waals surface area (Å²) in [5, 5.41) is 0. The number of hydrogen-bond acceptors (Lipinski definition) is 4. The van der Waals surface area contributed by atoms with Crippen LogP contribution in [0.25, 0.3) is 0 Å². The zero-order chi connectivity index (χ0) is 13.5. The second-order valence-corrected chi connectivity index (χ2v) is 5.58. The number of hydrogen-bond donors (Lipinski definition) is 0. The van der Waals surface area contributed by atoms with Crippen LogP contribution in [-0.4, -0.2) is 35.6 Å². The summed E-state index contributed by atoms with van der Waals surface area (Å²) in [7, 11) is 0. The minimum absolute atomic E-state index is 0.178. The van der Waals surface area contributed by atoms with Gasteiger partial charge in [-0.15, -0.1) is 0 Å². The number of nitrogens with zero attached hydrogens (tertiary/aromatic N) is 1. The van der Waals surface area contributed by atoms with Crippen LogP contribution in [0.15, 0.2) is 18.3 Å². The number of aromatic nitrogens is 1. The third kappa shape index (κ3) is 2.82. The van der Waals surface area contributed by atoms with Crippen molar-refractivity contribution in [2.45, 2.75) is 44.6 Å². The lowest BCUT2D eigenvalue weighted by Gasteiger charge is -2.17. The van der Waals surface area contributed by atoms with E-state index in [0.29, 0.717) is 18.3 Å². The summed E-state index contributed by atoms with van der Waals surface area (Å²) in [4.78, 5) is 12.0. The van der Waals surface area contributed by atoms with Gasteiger partial charge in [-0.2, -0.15) is 0 Å². The van der Waals surface area contributed by atoms with Crippen LogP contribution < -0.4 is 0 Å². The Morgan fingerprint density at radius 3 is 2.95 bits per heavy atom. The van der Waals surface area contributed by atoms with Gasteiger partial charge < -0.3 is 18.8 Å². The highest BCUT2D eigenvalue weighted by Crippen LogP contribution is 2.36. The molecule has 0 N–H and O–H groups in total. The van der Waals surface area contributed by atoms with E-state index in [0.717, 1.165) is 12.8 Å². The molecule has 2 aliphatic rings. The fourth-order valence-electron chi connectivity index (χ4n) is 2.33. The first-order chi connectivity index (χ1) is 9.05. The van der Waals surface area contributed by atoms with Gasteiger partial charge in [0, 0.05) is 12.2 Å². The molecular weight excluding hydrogens is 246 g/mol. The summed E-state index contributed by atoms with van der Waals surface area (Å²) in [5.74, 6) is -0.865. The topological polar surface area (TPSA) is 49.7 Å². The Hall–Kier alpha value is -1.33. The predicted molar refractivity (Wildman–Crippen MR) is 67.9 cm³/mol. The molecule has 0 spiro atoms. The molecule has 1 aliphatic heterocycles. The Balaban J connectivity index is 1.55. The molecule has 5 heteroatoms. The molecule has 0 bridgehead atoms. The molecule has 5 nitrogen and oxygen atoms in total. The highest BCUT2D eigenvalue weighted by molar-refractivity contribution is 5.87. The van der Waals surface area contributed by atoms with Crippen LogP contribution >= 0.6 is 0 Å². The Bertz CT molecular complexity index is 476. The van der Waals surface area contributed by atoms with E-state index in [9.17, 15) is 4.79 Å². The summed E-state index contributed by atoms with van der Waals surface area (Å²) in [6, 6.07) is 4.16. The third-order valence-corrected chi connectivity index (χ3v) is 3.40. The molecule has 1 atom stereocenters. The molecular formula is C14H19NO4. The molecule has 1 aromatic heterocycles. The van der Waals surface area contributed by atoms with E-state index in [1.807, 2.05) is 30.7 Å². The van der Waals surface area contributed by atoms with Crippen molar-refractivity contribution in [1.29, 1.82) is 0 Å². The lowest BCUT2D eigenvalue weighted by atomic mass is 10.4. The van der Waals surface area contributed by atoms with Gasteiger partial charge in [0.15, 0.2) is 5.79 Å².